The first-order valence-corrected chi connectivity index (χ1v) is 12.7. The highest BCUT2D eigenvalue weighted by Gasteiger charge is 2.17. The average molecular weight is 534 g/mol. The van der Waals surface area contributed by atoms with Crippen LogP contribution >= 0.6 is 23.2 Å². The number of hydrogen-bond acceptors (Lipinski definition) is 8. The highest BCUT2D eigenvalue weighted by Crippen LogP contribution is 2.24. The molecule has 1 aromatic heterocycles. The minimum Gasteiger partial charge on any atom is -0.488 e. The molecule has 0 atom stereocenters. The number of halogens is 2. The molecule has 0 amide bonds. The molecule has 1 saturated heterocycles. The Labute approximate surface area is 225 Å². The van der Waals surface area contributed by atoms with E-state index in [1.165, 1.54) is 0 Å². The van der Waals surface area contributed by atoms with Crippen molar-refractivity contribution in [1.29, 1.82) is 0 Å². The van der Waals surface area contributed by atoms with E-state index in [9.17, 15) is 0 Å². The van der Waals surface area contributed by atoms with E-state index in [2.05, 4.69) is 35.7 Å². The molecule has 4 aromatic rings. The van der Waals surface area contributed by atoms with E-state index in [4.69, 9.17) is 27.9 Å². The van der Waals surface area contributed by atoms with Crippen molar-refractivity contribution in [2.75, 3.05) is 28.7 Å². The van der Waals surface area contributed by atoms with Gasteiger partial charge in [-0.15, -0.1) is 0 Å². The van der Waals surface area contributed by atoms with Crippen LogP contribution in [0.25, 0.3) is 0 Å². The number of hydrogen-bond donors (Lipinski definition) is 2. The van der Waals surface area contributed by atoms with Gasteiger partial charge in [0, 0.05) is 39.9 Å². The summed E-state index contributed by atoms with van der Waals surface area (Å²) in [6.07, 6.45) is 3.90. The van der Waals surface area contributed by atoms with Crippen molar-refractivity contribution in [2.24, 2.45) is 5.10 Å². The summed E-state index contributed by atoms with van der Waals surface area (Å²) >= 11 is 12.3. The molecule has 10 heteroatoms. The van der Waals surface area contributed by atoms with Gasteiger partial charge in [-0.1, -0.05) is 59.6 Å². The molecule has 1 aliphatic heterocycles. The zero-order valence-electron chi connectivity index (χ0n) is 19.9. The van der Waals surface area contributed by atoms with Crippen LogP contribution in [0.4, 0.5) is 23.5 Å². The lowest BCUT2D eigenvalue weighted by Gasteiger charge is -2.16. The lowest BCUT2D eigenvalue weighted by Crippen LogP contribution is -2.21. The molecule has 3 aromatic carbocycles. The maximum Gasteiger partial charge on any atom is 0.250 e. The van der Waals surface area contributed by atoms with Gasteiger partial charge in [0.2, 0.25) is 17.8 Å². The van der Waals surface area contributed by atoms with Crippen LogP contribution in [0.3, 0.4) is 0 Å². The van der Waals surface area contributed by atoms with Crippen LogP contribution in [0, 0.1) is 0 Å². The van der Waals surface area contributed by atoms with Gasteiger partial charge in [-0.25, -0.2) is 5.43 Å². The van der Waals surface area contributed by atoms with Crippen LogP contribution in [0.15, 0.2) is 77.9 Å². The van der Waals surface area contributed by atoms with E-state index in [0.29, 0.717) is 40.2 Å². The maximum absolute atomic E-state index is 6.28. The minimum atomic E-state index is 0.301. The van der Waals surface area contributed by atoms with Crippen molar-refractivity contribution in [1.82, 2.24) is 15.0 Å². The lowest BCUT2D eigenvalue weighted by molar-refractivity contribution is 0.306. The van der Waals surface area contributed by atoms with Crippen molar-refractivity contribution >= 4 is 52.9 Å². The Hall–Kier alpha value is -3.88. The van der Waals surface area contributed by atoms with Gasteiger partial charge >= 0.3 is 0 Å². The van der Waals surface area contributed by atoms with Crippen LogP contribution in [-0.4, -0.2) is 34.3 Å². The Morgan fingerprint density at radius 3 is 2.46 bits per heavy atom. The van der Waals surface area contributed by atoms with Gasteiger partial charge in [0.25, 0.3) is 0 Å². The van der Waals surface area contributed by atoms with Gasteiger partial charge in [0.05, 0.1) is 6.21 Å². The van der Waals surface area contributed by atoms with Gasteiger partial charge < -0.3 is 15.0 Å². The van der Waals surface area contributed by atoms with Crippen molar-refractivity contribution in [2.45, 2.75) is 19.4 Å². The molecule has 2 heterocycles. The smallest absolute Gasteiger partial charge is 0.250 e. The zero-order valence-corrected chi connectivity index (χ0v) is 21.5. The van der Waals surface area contributed by atoms with Crippen molar-refractivity contribution < 1.29 is 4.74 Å². The Balaban J connectivity index is 1.31. The Morgan fingerprint density at radius 1 is 0.892 bits per heavy atom. The third kappa shape index (κ3) is 6.67. The molecular formula is C27H25Cl2N7O. The minimum absolute atomic E-state index is 0.301. The zero-order chi connectivity index (χ0) is 25.5. The van der Waals surface area contributed by atoms with Gasteiger partial charge in [-0.05, 0) is 49.2 Å². The van der Waals surface area contributed by atoms with Crippen LogP contribution < -0.4 is 20.4 Å². The lowest BCUT2D eigenvalue weighted by atomic mass is 10.2. The summed E-state index contributed by atoms with van der Waals surface area (Å²) in [5.74, 6) is 2.08. The largest absolute Gasteiger partial charge is 0.488 e. The topological polar surface area (TPSA) is 87.6 Å². The van der Waals surface area contributed by atoms with Crippen molar-refractivity contribution in [3.05, 3.63) is 94.0 Å². The third-order valence-corrected chi connectivity index (χ3v) is 6.31. The third-order valence-electron chi connectivity index (χ3n) is 5.73. The maximum atomic E-state index is 6.28. The molecule has 1 fully saturated rings. The fourth-order valence-corrected chi connectivity index (χ4v) is 4.32. The van der Waals surface area contributed by atoms with Gasteiger partial charge in [-0.3, -0.25) is 0 Å². The molecule has 0 radical (unpaired) electrons. The molecule has 37 heavy (non-hydrogen) atoms. The number of nitrogens with one attached hydrogen (secondary N) is 2. The Morgan fingerprint density at radius 2 is 1.65 bits per heavy atom. The summed E-state index contributed by atoms with van der Waals surface area (Å²) in [6.45, 7) is 2.13. The second-order valence-corrected chi connectivity index (χ2v) is 9.24. The first kappa shape index (κ1) is 24.8. The van der Waals surface area contributed by atoms with E-state index < -0.39 is 0 Å². The molecular weight excluding hydrogens is 509 g/mol. The summed E-state index contributed by atoms with van der Waals surface area (Å²) in [5.41, 5.74) is 5.47. The molecule has 0 saturated carbocycles. The van der Waals surface area contributed by atoms with Crippen LogP contribution in [0.2, 0.25) is 10.0 Å². The summed E-state index contributed by atoms with van der Waals surface area (Å²) < 4.78 is 6.01. The predicted molar refractivity (Wildman–Crippen MR) is 149 cm³/mol. The fourth-order valence-electron chi connectivity index (χ4n) is 3.85. The molecule has 0 unspecified atom stereocenters. The highest BCUT2D eigenvalue weighted by atomic mass is 35.5. The predicted octanol–water partition coefficient (Wildman–Crippen LogP) is 6.55. The molecule has 5 rings (SSSR count). The first-order chi connectivity index (χ1) is 18.1. The quantitative estimate of drug-likeness (QED) is 0.186. The van der Waals surface area contributed by atoms with Crippen LogP contribution in [0.1, 0.15) is 24.0 Å². The normalized spacial score (nSPS) is 13.2. The summed E-state index contributed by atoms with van der Waals surface area (Å²) in [4.78, 5) is 15.9. The van der Waals surface area contributed by atoms with E-state index in [1.54, 1.807) is 18.3 Å². The molecule has 188 valence electrons. The van der Waals surface area contributed by atoms with Crippen LogP contribution in [-0.2, 0) is 6.61 Å². The van der Waals surface area contributed by atoms with Gasteiger partial charge in [-0.2, -0.15) is 20.1 Å². The monoisotopic (exact) mass is 533 g/mol. The molecule has 0 aliphatic carbocycles. The molecule has 0 bridgehead atoms. The van der Waals surface area contributed by atoms with Gasteiger partial charge in [0.1, 0.15) is 12.4 Å². The second-order valence-electron chi connectivity index (χ2n) is 8.40. The number of anilines is 4. The number of aromatic nitrogens is 3. The Bertz CT molecular complexity index is 1380. The number of rotatable bonds is 9. The molecule has 0 spiro atoms. The van der Waals surface area contributed by atoms with E-state index in [1.807, 2.05) is 60.7 Å². The number of ether oxygens (including phenoxy) is 1. The van der Waals surface area contributed by atoms with Crippen molar-refractivity contribution in [3.63, 3.8) is 0 Å². The number of benzene rings is 3. The standard InChI is InChI=1S/C27H25Cl2N7O/c28-21-13-12-20(23(29)16-21)18-37-24-11-5-4-8-19(24)17-30-35-26-32-25(31-22-9-2-1-3-10-22)33-27(34-26)36-14-6-7-15-36/h1-5,8-13,16-17H,6-7,14-15,18H2,(H2,31,32,33,34,35). The summed E-state index contributed by atoms with van der Waals surface area (Å²) in [5, 5.41) is 8.76. The average Bonchev–Trinajstić information content (AvgIpc) is 3.45. The van der Waals surface area contributed by atoms with E-state index in [0.717, 1.165) is 42.7 Å². The van der Waals surface area contributed by atoms with Gasteiger partial charge in [0.15, 0.2) is 0 Å². The van der Waals surface area contributed by atoms with Crippen LogP contribution in [0.5, 0.6) is 5.75 Å². The summed E-state index contributed by atoms with van der Waals surface area (Å²) in [7, 11) is 0. The first-order valence-electron chi connectivity index (χ1n) is 11.9. The number of hydrazone groups is 1. The van der Waals surface area contributed by atoms with E-state index in [-0.39, 0.29) is 0 Å². The molecule has 2 N–H and O–H groups in total. The fraction of sp³-hybridized carbons (Fsp3) is 0.185. The highest BCUT2D eigenvalue weighted by molar-refractivity contribution is 6.35. The molecule has 8 nitrogen and oxygen atoms in total. The SMILES string of the molecule is Clc1ccc(COc2ccccc2C=NNc2nc(Nc3ccccc3)nc(N3CCCC3)n2)c(Cl)c1. The Kier molecular flexibility index (Phi) is 7.98. The second kappa shape index (κ2) is 11.9. The molecule has 1 aliphatic rings. The number of para-hydroxylation sites is 2. The van der Waals surface area contributed by atoms with E-state index >= 15 is 0 Å². The summed E-state index contributed by atoms with van der Waals surface area (Å²) in [6, 6.07) is 22.7. The van der Waals surface area contributed by atoms with Crippen molar-refractivity contribution in [3.8, 4) is 5.75 Å². The number of nitrogens with zero attached hydrogens (tertiary/aromatic N) is 5.